The van der Waals surface area contributed by atoms with Gasteiger partial charge in [-0.05, 0) is 50.1 Å². The van der Waals surface area contributed by atoms with Crippen molar-refractivity contribution in [3.05, 3.63) is 23.8 Å². The first kappa shape index (κ1) is 15.3. The van der Waals surface area contributed by atoms with Gasteiger partial charge < -0.3 is 16.8 Å². The minimum atomic E-state index is -0.355. The lowest BCUT2D eigenvalue weighted by molar-refractivity contribution is -0.126. The Hall–Kier alpha value is -2.08. The number of carbonyl (C=O) groups is 2. The predicted molar refractivity (Wildman–Crippen MR) is 82.6 cm³/mol. The quantitative estimate of drug-likeness (QED) is 0.716. The van der Waals surface area contributed by atoms with Crippen LogP contribution < -0.4 is 16.8 Å². The third kappa shape index (κ3) is 3.95. The van der Waals surface area contributed by atoms with Crippen molar-refractivity contribution in [1.82, 2.24) is 4.90 Å². The van der Waals surface area contributed by atoms with Crippen LogP contribution in [0.5, 0.6) is 0 Å². The van der Waals surface area contributed by atoms with E-state index in [9.17, 15) is 9.59 Å². The molecule has 1 unspecified atom stereocenters. The standard InChI is InChI=1S/C15H22N4O2/c1-10-8-11(16)5-6-12(10)18-14(20)9-19-7-3-2-4-13(19)15(17)21/h5-6,8,13H,2-4,7,9,16H2,1H3,(H2,17,21)(H,18,20). The molecular weight excluding hydrogens is 268 g/mol. The molecule has 0 bridgehead atoms. The number of nitrogens with one attached hydrogen (secondary N) is 1. The molecule has 2 amide bonds. The zero-order valence-electron chi connectivity index (χ0n) is 12.3. The number of anilines is 2. The summed E-state index contributed by atoms with van der Waals surface area (Å²) in [7, 11) is 0. The number of rotatable bonds is 4. The summed E-state index contributed by atoms with van der Waals surface area (Å²) in [6.07, 6.45) is 2.68. The Kier molecular flexibility index (Phi) is 4.80. The van der Waals surface area contributed by atoms with Crippen molar-refractivity contribution in [2.75, 3.05) is 24.1 Å². The molecule has 0 radical (unpaired) electrons. The highest BCUT2D eigenvalue weighted by Crippen LogP contribution is 2.19. The summed E-state index contributed by atoms with van der Waals surface area (Å²) in [5.41, 5.74) is 13.4. The van der Waals surface area contributed by atoms with Crippen LogP contribution in [0.4, 0.5) is 11.4 Å². The smallest absolute Gasteiger partial charge is 0.238 e. The third-order valence-corrected chi connectivity index (χ3v) is 3.81. The number of nitrogens with zero attached hydrogens (tertiary/aromatic N) is 1. The van der Waals surface area contributed by atoms with E-state index in [4.69, 9.17) is 11.5 Å². The summed E-state index contributed by atoms with van der Waals surface area (Å²) in [6, 6.07) is 5.00. The van der Waals surface area contributed by atoms with Crippen LogP contribution in [0.3, 0.4) is 0 Å². The molecule has 6 heteroatoms. The van der Waals surface area contributed by atoms with E-state index in [2.05, 4.69) is 5.32 Å². The number of piperidine rings is 1. The van der Waals surface area contributed by atoms with E-state index in [0.29, 0.717) is 5.69 Å². The van der Waals surface area contributed by atoms with Gasteiger partial charge in [0.25, 0.3) is 0 Å². The molecule has 0 aromatic heterocycles. The van der Waals surface area contributed by atoms with Crippen molar-refractivity contribution in [2.45, 2.75) is 32.2 Å². The number of hydrogen-bond acceptors (Lipinski definition) is 4. The monoisotopic (exact) mass is 290 g/mol. The van der Waals surface area contributed by atoms with E-state index in [1.807, 2.05) is 17.9 Å². The Morgan fingerprint density at radius 2 is 2.14 bits per heavy atom. The number of aryl methyl sites for hydroxylation is 1. The van der Waals surface area contributed by atoms with Crippen molar-refractivity contribution < 1.29 is 9.59 Å². The van der Waals surface area contributed by atoms with Gasteiger partial charge in [0.05, 0.1) is 12.6 Å². The molecule has 1 aliphatic heterocycles. The van der Waals surface area contributed by atoms with Gasteiger partial charge in [-0.1, -0.05) is 6.42 Å². The Morgan fingerprint density at radius 1 is 1.38 bits per heavy atom. The fourth-order valence-corrected chi connectivity index (χ4v) is 2.70. The number of hydrogen-bond donors (Lipinski definition) is 3. The number of likely N-dealkylation sites (tertiary alicyclic amines) is 1. The highest BCUT2D eigenvalue weighted by atomic mass is 16.2. The molecule has 1 heterocycles. The van der Waals surface area contributed by atoms with E-state index in [1.54, 1.807) is 12.1 Å². The molecule has 1 atom stereocenters. The van der Waals surface area contributed by atoms with Gasteiger partial charge in [-0.25, -0.2) is 0 Å². The molecule has 0 aliphatic carbocycles. The summed E-state index contributed by atoms with van der Waals surface area (Å²) < 4.78 is 0. The molecule has 21 heavy (non-hydrogen) atoms. The highest BCUT2D eigenvalue weighted by molar-refractivity contribution is 5.93. The van der Waals surface area contributed by atoms with Crippen molar-refractivity contribution >= 4 is 23.2 Å². The lowest BCUT2D eigenvalue weighted by Gasteiger charge is -2.32. The number of amides is 2. The van der Waals surface area contributed by atoms with Crippen molar-refractivity contribution in [3.8, 4) is 0 Å². The Bertz CT molecular complexity index is 544. The van der Waals surface area contributed by atoms with Gasteiger partial charge in [0.15, 0.2) is 0 Å². The second-order valence-electron chi connectivity index (χ2n) is 5.51. The number of nitrogen functional groups attached to an aromatic ring is 1. The molecule has 2 rings (SSSR count). The molecule has 1 saturated heterocycles. The summed E-state index contributed by atoms with van der Waals surface area (Å²) in [5.74, 6) is -0.498. The second-order valence-corrected chi connectivity index (χ2v) is 5.51. The second kappa shape index (κ2) is 6.58. The van der Waals surface area contributed by atoms with E-state index in [-0.39, 0.29) is 24.4 Å². The fourth-order valence-electron chi connectivity index (χ4n) is 2.70. The molecule has 1 aliphatic rings. The largest absolute Gasteiger partial charge is 0.399 e. The van der Waals surface area contributed by atoms with Crippen molar-refractivity contribution in [1.29, 1.82) is 0 Å². The molecule has 1 fully saturated rings. The Balaban J connectivity index is 1.98. The molecule has 114 valence electrons. The van der Waals surface area contributed by atoms with E-state index in [1.165, 1.54) is 0 Å². The lowest BCUT2D eigenvalue weighted by atomic mass is 10.0. The maximum Gasteiger partial charge on any atom is 0.238 e. The van der Waals surface area contributed by atoms with Crippen LogP contribution in [0.25, 0.3) is 0 Å². The summed E-state index contributed by atoms with van der Waals surface area (Å²) in [4.78, 5) is 25.4. The normalized spacial score (nSPS) is 19.2. The maximum absolute atomic E-state index is 12.1. The van der Waals surface area contributed by atoms with E-state index in [0.717, 1.165) is 37.1 Å². The molecule has 1 aromatic carbocycles. The fraction of sp³-hybridized carbons (Fsp3) is 0.467. The first-order valence-corrected chi connectivity index (χ1v) is 7.16. The zero-order valence-corrected chi connectivity index (χ0v) is 12.3. The van der Waals surface area contributed by atoms with Crippen LogP contribution in [-0.2, 0) is 9.59 Å². The van der Waals surface area contributed by atoms with Crippen LogP contribution in [0.15, 0.2) is 18.2 Å². The minimum Gasteiger partial charge on any atom is -0.399 e. The van der Waals surface area contributed by atoms with Crippen LogP contribution >= 0.6 is 0 Å². The van der Waals surface area contributed by atoms with Gasteiger partial charge in [0.2, 0.25) is 11.8 Å². The average Bonchev–Trinajstić information content (AvgIpc) is 2.42. The van der Waals surface area contributed by atoms with Crippen LogP contribution in [-0.4, -0.2) is 35.8 Å². The molecule has 5 N–H and O–H groups in total. The number of nitrogens with two attached hydrogens (primary N) is 2. The number of carbonyl (C=O) groups excluding carboxylic acids is 2. The molecule has 1 aromatic rings. The summed E-state index contributed by atoms with van der Waals surface area (Å²) in [5, 5.41) is 2.86. The number of primary amides is 1. The van der Waals surface area contributed by atoms with Gasteiger partial charge in [-0.3, -0.25) is 14.5 Å². The topological polar surface area (TPSA) is 101 Å². The summed E-state index contributed by atoms with van der Waals surface area (Å²) >= 11 is 0. The van der Waals surface area contributed by atoms with Crippen molar-refractivity contribution in [2.24, 2.45) is 5.73 Å². The predicted octanol–water partition coefficient (Wildman–Crippen LogP) is 0.856. The Morgan fingerprint density at radius 3 is 2.81 bits per heavy atom. The molecule has 0 spiro atoms. The average molecular weight is 290 g/mol. The van der Waals surface area contributed by atoms with Gasteiger partial charge in [0, 0.05) is 11.4 Å². The first-order chi connectivity index (χ1) is 9.97. The third-order valence-electron chi connectivity index (χ3n) is 3.81. The zero-order chi connectivity index (χ0) is 15.4. The van der Waals surface area contributed by atoms with Crippen LogP contribution in [0.1, 0.15) is 24.8 Å². The molecule has 0 saturated carbocycles. The van der Waals surface area contributed by atoms with Gasteiger partial charge in [0.1, 0.15) is 0 Å². The van der Waals surface area contributed by atoms with Crippen LogP contribution in [0.2, 0.25) is 0 Å². The Labute approximate surface area is 124 Å². The van der Waals surface area contributed by atoms with Crippen LogP contribution in [0, 0.1) is 6.92 Å². The molecular formula is C15H22N4O2. The van der Waals surface area contributed by atoms with Gasteiger partial charge in [-0.15, -0.1) is 0 Å². The SMILES string of the molecule is Cc1cc(N)ccc1NC(=O)CN1CCCCC1C(N)=O. The van der Waals surface area contributed by atoms with Gasteiger partial charge in [-0.2, -0.15) is 0 Å². The first-order valence-electron chi connectivity index (χ1n) is 7.16. The summed E-state index contributed by atoms with van der Waals surface area (Å²) in [6.45, 7) is 2.79. The van der Waals surface area contributed by atoms with E-state index < -0.39 is 0 Å². The highest BCUT2D eigenvalue weighted by Gasteiger charge is 2.28. The maximum atomic E-state index is 12.1. The van der Waals surface area contributed by atoms with E-state index >= 15 is 0 Å². The molecule has 6 nitrogen and oxygen atoms in total. The minimum absolute atomic E-state index is 0.143. The van der Waals surface area contributed by atoms with Crippen molar-refractivity contribution in [3.63, 3.8) is 0 Å². The lowest BCUT2D eigenvalue weighted by Crippen LogP contribution is -2.50. The van der Waals surface area contributed by atoms with Gasteiger partial charge >= 0.3 is 0 Å². The number of benzene rings is 1.